The summed E-state index contributed by atoms with van der Waals surface area (Å²) in [6.45, 7) is 6.57. The predicted octanol–water partition coefficient (Wildman–Crippen LogP) is -0.293. The van der Waals surface area contributed by atoms with Crippen LogP contribution in [0.5, 0.6) is 0 Å². The third-order valence-corrected chi connectivity index (χ3v) is 3.23. The molecule has 1 aliphatic rings. The van der Waals surface area contributed by atoms with Crippen LogP contribution in [0.15, 0.2) is 0 Å². The second-order valence-corrected chi connectivity index (χ2v) is 5.28. The summed E-state index contributed by atoms with van der Waals surface area (Å²) in [6.07, 6.45) is 2.17. The number of nitrogens with one attached hydrogen (secondary N) is 1. The first-order chi connectivity index (χ1) is 7.49. The highest BCUT2D eigenvalue weighted by atomic mass is 16.3. The van der Waals surface area contributed by atoms with E-state index in [0.29, 0.717) is 12.5 Å². The average Bonchev–Trinajstić information content (AvgIpc) is 2.27. The van der Waals surface area contributed by atoms with Gasteiger partial charge in [0, 0.05) is 19.7 Å². The molecule has 5 heteroatoms. The van der Waals surface area contributed by atoms with Crippen LogP contribution in [0.3, 0.4) is 0 Å². The molecule has 1 unspecified atom stereocenters. The van der Waals surface area contributed by atoms with Crippen molar-refractivity contribution in [3.8, 4) is 0 Å². The summed E-state index contributed by atoms with van der Waals surface area (Å²) in [7, 11) is 0. The normalized spacial score (nSPS) is 23.1. The molecule has 1 fully saturated rings. The van der Waals surface area contributed by atoms with Gasteiger partial charge in [-0.25, -0.2) is 5.84 Å². The smallest absolute Gasteiger partial charge is 0.240 e. The Morgan fingerprint density at radius 1 is 1.62 bits per heavy atom. The van der Waals surface area contributed by atoms with E-state index in [2.05, 4.69) is 10.3 Å². The zero-order valence-corrected chi connectivity index (χ0v) is 10.2. The van der Waals surface area contributed by atoms with Crippen molar-refractivity contribution in [1.82, 2.24) is 10.3 Å². The Kier molecular flexibility index (Phi) is 4.70. The van der Waals surface area contributed by atoms with E-state index in [9.17, 15) is 4.79 Å². The van der Waals surface area contributed by atoms with E-state index < -0.39 is 5.41 Å². The maximum Gasteiger partial charge on any atom is 0.240 e. The first-order valence-corrected chi connectivity index (χ1v) is 5.84. The maximum atomic E-state index is 11.5. The van der Waals surface area contributed by atoms with Crippen LogP contribution < -0.4 is 11.3 Å². The third-order valence-electron chi connectivity index (χ3n) is 3.23. The monoisotopic (exact) mass is 229 g/mol. The van der Waals surface area contributed by atoms with Crippen LogP contribution in [-0.2, 0) is 4.79 Å². The zero-order valence-electron chi connectivity index (χ0n) is 10.2. The molecule has 4 N–H and O–H groups in total. The van der Waals surface area contributed by atoms with Crippen LogP contribution in [-0.4, -0.2) is 42.2 Å². The van der Waals surface area contributed by atoms with E-state index >= 15 is 0 Å². The topological polar surface area (TPSA) is 78.6 Å². The van der Waals surface area contributed by atoms with Gasteiger partial charge in [-0.05, 0) is 39.2 Å². The first kappa shape index (κ1) is 13.4. The number of hydrogen-bond acceptors (Lipinski definition) is 4. The number of hydrazine groups is 1. The van der Waals surface area contributed by atoms with Gasteiger partial charge in [0.15, 0.2) is 0 Å². The summed E-state index contributed by atoms with van der Waals surface area (Å²) in [5, 5.41) is 9.14. The van der Waals surface area contributed by atoms with Crippen molar-refractivity contribution in [2.75, 3.05) is 26.2 Å². The molecule has 0 saturated carbocycles. The fourth-order valence-electron chi connectivity index (χ4n) is 2.27. The van der Waals surface area contributed by atoms with Gasteiger partial charge in [-0.2, -0.15) is 0 Å². The molecule has 0 bridgehead atoms. The Balaban J connectivity index is 2.49. The molecule has 0 aliphatic carbocycles. The molecule has 94 valence electrons. The maximum absolute atomic E-state index is 11.5. The minimum atomic E-state index is -0.480. The average molecular weight is 229 g/mol. The molecule has 0 radical (unpaired) electrons. The molecule has 1 atom stereocenters. The van der Waals surface area contributed by atoms with Crippen molar-refractivity contribution >= 4 is 5.91 Å². The van der Waals surface area contributed by atoms with Gasteiger partial charge in [0.25, 0.3) is 0 Å². The number of piperidine rings is 1. The number of aliphatic hydroxyl groups excluding tert-OH is 1. The Morgan fingerprint density at radius 2 is 2.31 bits per heavy atom. The van der Waals surface area contributed by atoms with Gasteiger partial charge in [0.1, 0.15) is 0 Å². The Morgan fingerprint density at radius 3 is 2.88 bits per heavy atom. The number of likely N-dealkylation sites (tertiary alicyclic amines) is 1. The lowest BCUT2D eigenvalue weighted by atomic mass is 9.89. The van der Waals surface area contributed by atoms with E-state index in [1.807, 2.05) is 13.8 Å². The van der Waals surface area contributed by atoms with Crippen molar-refractivity contribution in [3.63, 3.8) is 0 Å². The minimum Gasteiger partial charge on any atom is -0.396 e. The Bertz CT molecular complexity index is 243. The van der Waals surface area contributed by atoms with Gasteiger partial charge in [-0.3, -0.25) is 10.2 Å². The van der Waals surface area contributed by atoms with Gasteiger partial charge in [0.2, 0.25) is 5.91 Å². The van der Waals surface area contributed by atoms with Crippen LogP contribution in [0.1, 0.15) is 26.7 Å². The number of carbonyl (C=O) groups is 1. The number of rotatable bonds is 4. The van der Waals surface area contributed by atoms with Gasteiger partial charge in [-0.1, -0.05) is 0 Å². The molecule has 1 heterocycles. The summed E-state index contributed by atoms with van der Waals surface area (Å²) in [4.78, 5) is 13.8. The lowest BCUT2D eigenvalue weighted by molar-refractivity contribution is -0.130. The molecule has 1 aliphatic heterocycles. The van der Waals surface area contributed by atoms with Crippen molar-refractivity contribution in [2.24, 2.45) is 17.2 Å². The first-order valence-electron chi connectivity index (χ1n) is 5.84. The minimum absolute atomic E-state index is 0.140. The van der Waals surface area contributed by atoms with Crippen molar-refractivity contribution < 1.29 is 9.90 Å². The van der Waals surface area contributed by atoms with Gasteiger partial charge < -0.3 is 10.0 Å². The molecule has 5 nitrogen and oxygen atoms in total. The number of aliphatic hydroxyl groups is 1. The van der Waals surface area contributed by atoms with E-state index in [1.165, 1.54) is 0 Å². The second kappa shape index (κ2) is 5.61. The van der Waals surface area contributed by atoms with Crippen LogP contribution >= 0.6 is 0 Å². The highest BCUT2D eigenvalue weighted by Crippen LogP contribution is 2.22. The second-order valence-electron chi connectivity index (χ2n) is 5.28. The Hall–Kier alpha value is -0.650. The predicted molar refractivity (Wildman–Crippen MR) is 62.4 cm³/mol. The van der Waals surface area contributed by atoms with Crippen molar-refractivity contribution in [2.45, 2.75) is 26.7 Å². The lowest BCUT2D eigenvalue weighted by Crippen LogP contribution is -2.49. The molecular formula is C11H23N3O2. The summed E-state index contributed by atoms with van der Waals surface area (Å²) in [5.41, 5.74) is 1.72. The molecule has 0 spiro atoms. The fraction of sp³-hybridized carbons (Fsp3) is 0.909. The number of amides is 1. The summed E-state index contributed by atoms with van der Waals surface area (Å²) < 4.78 is 0. The molecule has 1 amide bonds. The largest absolute Gasteiger partial charge is 0.396 e. The Labute approximate surface area is 97.0 Å². The van der Waals surface area contributed by atoms with Gasteiger partial charge in [0.05, 0.1) is 5.41 Å². The number of nitrogens with zero attached hydrogens (tertiary/aromatic N) is 1. The van der Waals surface area contributed by atoms with Crippen LogP contribution in [0.4, 0.5) is 0 Å². The van der Waals surface area contributed by atoms with E-state index in [0.717, 1.165) is 25.9 Å². The molecule has 0 aromatic carbocycles. The summed E-state index contributed by atoms with van der Waals surface area (Å²) >= 11 is 0. The molecule has 0 aromatic heterocycles. The third kappa shape index (κ3) is 3.43. The SMILES string of the molecule is CC(C)(CN1CCCC(CO)C1)C(=O)NN. The highest BCUT2D eigenvalue weighted by Gasteiger charge is 2.31. The van der Waals surface area contributed by atoms with E-state index in [-0.39, 0.29) is 12.5 Å². The molecule has 16 heavy (non-hydrogen) atoms. The van der Waals surface area contributed by atoms with Gasteiger partial charge in [-0.15, -0.1) is 0 Å². The van der Waals surface area contributed by atoms with Crippen molar-refractivity contribution in [3.05, 3.63) is 0 Å². The summed E-state index contributed by atoms with van der Waals surface area (Å²) in [5.74, 6) is 5.37. The number of nitrogens with two attached hydrogens (primary N) is 1. The summed E-state index contributed by atoms with van der Waals surface area (Å²) in [6, 6.07) is 0. The van der Waals surface area contributed by atoms with E-state index in [4.69, 9.17) is 10.9 Å². The van der Waals surface area contributed by atoms with Gasteiger partial charge >= 0.3 is 0 Å². The lowest BCUT2D eigenvalue weighted by Gasteiger charge is -2.36. The number of hydrogen-bond donors (Lipinski definition) is 3. The molecule has 0 aromatic rings. The van der Waals surface area contributed by atoms with Crippen LogP contribution in [0.25, 0.3) is 0 Å². The molecular weight excluding hydrogens is 206 g/mol. The van der Waals surface area contributed by atoms with E-state index in [1.54, 1.807) is 0 Å². The van der Waals surface area contributed by atoms with Crippen molar-refractivity contribution in [1.29, 1.82) is 0 Å². The standard InChI is InChI=1S/C11H23N3O2/c1-11(2,10(16)13-12)8-14-5-3-4-9(6-14)7-15/h9,15H,3-8,12H2,1-2H3,(H,13,16). The quantitative estimate of drug-likeness (QED) is 0.351. The fourth-order valence-corrected chi connectivity index (χ4v) is 2.27. The molecule has 1 saturated heterocycles. The highest BCUT2D eigenvalue weighted by molar-refractivity contribution is 5.81. The van der Waals surface area contributed by atoms with Crippen LogP contribution in [0, 0.1) is 11.3 Å². The van der Waals surface area contributed by atoms with Crippen LogP contribution in [0.2, 0.25) is 0 Å². The zero-order chi connectivity index (χ0) is 12.2. The number of carbonyl (C=O) groups excluding carboxylic acids is 1. The molecule has 1 rings (SSSR count).